The molecule has 2 unspecified atom stereocenters. The van der Waals surface area contributed by atoms with E-state index in [-0.39, 0.29) is 40.9 Å². The highest BCUT2D eigenvalue weighted by Crippen LogP contribution is 2.32. The Morgan fingerprint density at radius 1 is 0.627 bits per heavy atom. The number of imidazole rings is 2. The summed E-state index contributed by atoms with van der Waals surface area (Å²) in [6, 6.07) is 30.9. The molecule has 0 bridgehead atoms. The fourth-order valence-corrected chi connectivity index (χ4v) is 9.92. The second kappa shape index (κ2) is 22.8. The molecule has 8 heterocycles. The zero-order chi connectivity index (χ0) is 52.0. The normalized spacial score (nSPS) is 16.5. The minimum Gasteiger partial charge on any atom is -0.360 e. The lowest BCUT2D eigenvalue weighted by atomic mass is 10.0. The number of anilines is 1. The molecule has 19 heteroatoms. The lowest BCUT2D eigenvalue weighted by molar-refractivity contribution is -0.0299. The zero-order valence-corrected chi connectivity index (χ0v) is 42.2. The summed E-state index contributed by atoms with van der Waals surface area (Å²) in [7, 11) is 0. The number of para-hydroxylation sites is 2. The average molecular weight is 1030 g/mol. The first kappa shape index (κ1) is 50.7. The van der Waals surface area contributed by atoms with Crippen LogP contribution < -0.4 is 22.2 Å². The van der Waals surface area contributed by atoms with E-state index in [9.17, 15) is 18.4 Å². The van der Waals surface area contributed by atoms with Gasteiger partial charge < -0.3 is 20.5 Å². The Kier molecular flexibility index (Phi) is 15.4. The predicted octanol–water partition coefficient (Wildman–Crippen LogP) is 11.3. The molecular formula is C56H55ClF2N12O4. The van der Waals surface area contributed by atoms with E-state index in [0.29, 0.717) is 74.0 Å². The highest BCUT2D eigenvalue weighted by Gasteiger charge is 2.25. The van der Waals surface area contributed by atoms with Crippen LogP contribution in [-0.2, 0) is 9.47 Å². The molecule has 4 aromatic carbocycles. The number of rotatable bonds is 10. The summed E-state index contributed by atoms with van der Waals surface area (Å²) < 4.78 is 47.5. The number of hydrogen-bond donors (Lipinski definition) is 2. The third-order valence-electron chi connectivity index (χ3n) is 13.6. The number of nitrogens with two attached hydrogens (primary N) is 1. The van der Waals surface area contributed by atoms with Crippen LogP contribution in [0, 0.1) is 11.6 Å². The molecule has 4 atom stereocenters. The maximum absolute atomic E-state index is 14.8. The third kappa shape index (κ3) is 10.4. The van der Waals surface area contributed by atoms with E-state index in [2.05, 4.69) is 35.2 Å². The first-order chi connectivity index (χ1) is 36.6. The zero-order valence-electron chi connectivity index (χ0n) is 41.4. The molecule has 0 amide bonds. The molecular weight excluding hydrogens is 978 g/mol. The van der Waals surface area contributed by atoms with Crippen molar-refractivity contribution in [3.05, 3.63) is 183 Å². The molecule has 12 rings (SSSR count). The van der Waals surface area contributed by atoms with Gasteiger partial charge in [0, 0.05) is 42.0 Å². The fourth-order valence-electron chi connectivity index (χ4n) is 9.74. The fraction of sp³-hybridized carbons (Fsp3) is 0.286. The molecule has 0 spiro atoms. The van der Waals surface area contributed by atoms with Gasteiger partial charge in [0.05, 0.1) is 29.5 Å². The number of nitrogens with one attached hydrogen (secondary N) is 1. The summed E-state index contributed by atoms with van der Waals surface area (Å²) in [6.45, 7) is 5.50. The van der Waals surface area contributed by atoms with Crippen molar-refractivity contribution < 1.29 is 18.3 Å². The van der Waals surface area contributed by atoms with Crippen molar-refractivity contribution in [2.24, 2.45) is 5.73 Å². The molecule has 2 saturated heterocycles. The van der Waals surface area contributed by atoms with Crippen LogP contribution in [0.3, 0.4) is 0 Å². The van der Waals surface area contributed by atoms with Crippen molar-refractivity contribution in [1.29, 1.82) is 0 Å². The quantitative estimate of drug-likeness (QED) is 0.124. The van der Waals surface area contributed by atoms with E-state index in [1.165, 1.54) is 35.8 Å². The van der Waals surface area contributed by atoms with Crippen molar-refractivity contribution in [3.63, 3.8) is 0 Å². The summed E-state index contributed by atoms with van der Waals surface area (Å²) in [4.78, 5) is 52.4. The van der Waals surface area contributed by atoms with Gasteiger partial charge in [-0.15, -0.1) is 0 Å². The number of fused-ring (bicyclic) bond motifs is 4. The second-order valence-corrected chi connectivity index (χ2v) is 18.7. The van der Waals surface area contributed by atoms with Crippen molar-refractivity contribution in [2.75, 3.05) is 18.5 Å². The number of ether oxygens (including phenoxy) is 2. The van der Waals surface area contributed by atoms with Gasteiger partial charge >= 0.3 is 0 Å². The molecule has 6 aromatic heterocycles. The number of aromatic nitrogens is 10. The predicted molar refractivity (Wildman–Crippen MR) is 286 cm³/mol. The molecule has 2 fully saturated rings. The van der Waals surface area contributed by atoms with Crippen molar-refractivity contribution >= 4 is 61.3 Å². The third-order valence-corrected chi connectivity index (χ3v) is 13.9. The second-order valence-electron chi connectivity index (χ2n) is 18.3. The van der Waals surface area contributed by atoms with Gasteiger partial charge in [-0.1, -0.05) is 86.1 Å². The molecule has 10 aromatic rings. The molecule has 3 N–H and O–H groups in total. The Hall–Kier alpha value is -7.77. The van der Waals surface area contributed by atoms with Gasteiger partial charge in [-0.05, 0) is 111 Å². The Bertz CT molecular complexity index is 3730. The highest BCUT2D eigenvalue weighted by molar-refractivity contribution is 6.33. The summed E-state index contributed by atoms with van der Waals surface area (Å²) in [5.41, 5.74) is 10.9. The van der Waals surface area contributed by atoms with Crippen molar-refractivity contribution in [3.8, 4) is 11.4 Å². The van der Waals surface area contributed by atoms with E-state index < -0.39 is 17.2 Å². The Morgan fingerprint density at radius 2 is 1.13 bits per heavy atom. The molecule has 0 saturated carbocycles. The van der Waals surface area contributed by atoms with E-state index >= 15 is 0 Å². The first-order valence-corrected chi connectivity index (χ1v) is 25.6. The Balaban J connectivity index is 0.000000142. The van der Waals surface area contributed by atoms with Gasteiger partial charge in [0.1, 0.15) is 42.3 Å². The maximum atomic E-state index is 14.8. The number of hydrogen-bond acceptors (Lipinski definition) is 12. The molecule has 384 valence electrons. The SMILES string of the molecule is CC[C@H](N)c1cc2cccc(F)c2c(=O)n1-c1ccccc1.CC[C@H](Nc1ncnc2c1ncn2C1CCCCO1)c1cc2cccc(F)c2c(=O)n1-c1ccccc1.Clc1ncnc2c1ncn2C1CCCCO1. The van der Waals surface area contributed by atoms with Gasteiger partial charge in [0.2, 0.25) is 0 Å². The van der Waals surface area contributed by atoms with Gasteiger partial charge in [0.15, 0.2) is 27.8 Å². The summed E-state index contributed by atoms with van der Waals surface area (Å²) in [6.07, 6.45) is 14.1. The van der Waals surface area contributed by atoms with Crippen LogP contribution in [-0.4, -0.2) is 61.4 Å². The topological polar surface area (TPSA) is 188 Å². The summed E-state index contributed by atoms with van der Waals surface area (Å²) >= 11 is 5.94. The maximum Gasteiger partial charge on any atom is 0.266 e. The number of benzene rings is 4. The van der Waals surface area contributed by atoms with Crippen molar-refractivity contribution in [2.45, 2.75) is 89.8 Å². The Labute approximate surface area is 434 Å². The Morgan fingerprint density at radius 3 is 1.65 bits per heavy atom. The molecule has 0 aliphatic carbocycles. The highest BCUT2D eigenvalue weighted by atomic mass is 35.5. The minimum atomic E-state index is -0.535. The van der Waals surface area contributed by atoms with E-state index in [0.717, 1.165) is 51.0 Å². The number of halogens is 3. The van der Waals surface area contributed by atoms with Crippen LogP contribution >= 0.6 is 11.6 Å². The molecule has 0 radical (unpaired) electrons. The first-order valence-electron chi connectivity index (χ1n) is 25.2. The standard InChI is InChI=1S/C28H27FN6O2.C18H17FN2O.C10H11ClN4O/c1-2-21(33-26-25-27(31-16-30-26)34(17-32-25)23-13-6-7-14-37-23)22-15-18-9-8-12-20(29)24(18)28(36)35(22)19-10-4-3-5-11-19;1-2-15(20)16-11-12-7-6-10-14(19)17(12)18(22)21(16)13-8-4-3-5-9-13;11-9-8-10(13-5-12-9)15(6-14-8)7-3-1-2-4-16-7/h3-5,8-12,15-17,21,23H,2,6-7,13-14H2,1H3,(H,30,31,33);3-11,15H,2,20H2,1H3;5-7H,1-4H2/t21-,23?;15-;/m00./s1. The van der Waals surface area contributed by atoms with Crippen molar-refractivity contribution in [1.82, 2.24) is 48.2 Å². The monoisotopic (exact) mass is 1030 g/mol. The summed E-state index contributed by atoms with van der Waals surface area (Å²) in [5.74, 6) is -0.477. The van der Waals surface area contributed by atoms with E-state index in [1.807, 2.05) is 89.7 Å². The van der Waals surface area contributed by atoms with E-state index in [1.54, 1.807) is 47.6 Å². The van der Waals surface area contributed by atoms with Gasteiger partial charge in [0.25, 0.3) is 11.1 Å². The van der Waals surface area contributed by atoms with Crippen LogP contribution in [0.5, 0.6) is 0 Å². The summed E-state index contributed by atoms with van der Waals surface area (Å²) in [5, 5.41) is 5.19. The van der Waals surface area contributed by atoms with Crippen LogP contribution in [0.4, 0.5) is 14.6 Å². The lowest BCUT2D eigenvalue weighted by Gasteiger charge is -2.24. The average Bonchev–Trinajstić information content (AvgIpc) is 4.10. The largest absolute Gasteiger partial charge is 0.360 e. The molecule has 75 heavy (non-hydrogen) atoms. The smallest absolute Gasteiger partial charge is 0.266 e. The molecule has 16 nitrogen and oxygen atoms in total. The van der Waals surface area contributed by atoms with E-state index in [4.69, 9.17) is 26.8 Å². The number of nitrogens with zero attached hydrogens (tertiary/aromatic N) is 10. The molecule has 2 aliphatic heterocycles. The van der Waals surface area contributed by atoms with Gasteiger partial charge in [-0.3, -0.25) is 27.9 Å². The minimum absolute atomic E-state index is 0.0321. The van der Waals surface area contributed by atoms with Crippen LogP contribution in [0.2, 0.25) is 5.15 Å². The van der Waals surface area contributed by atoms with Crippen LogP contribution in [0.15, 0.2) is 144 Å². The van der Waals surface area contributed by atoms with Crippen LogP contribution in [0.1, 0.15) is 101 Å². The van der Waals surface area contributed by atoms with Gasteiger partial charge in [-0.2, -0.15) is 0 Å². The molecule has 2 aliphatic rings. The lowest BCUT2D eigenvalue weighted by Crippen LogP contribution is -2.27. The van der Waals surface area contributed by atoms with Crippen LogP contribution in [0.25, 0.3) is 55.2 Å². The number of pyridine rings is 2. The van der Waals surface area contributed by atoms with Gasteiger partial charge in [-0.25, -0.2) is 38.7 Å².